The highest BCUT2D eigenvalue weighted by molar-refractivity contribution is 9.10. The Morgan fingerprint density at radius 2 is 2.35 bits per heavy atom. The monoisotopic (exact) mass is 298 g/mol. The van der Waals surface area contributed by atoms with Gasteiger partial charge in [0.25, 0.3) is 0 Å². The van der Waals surface area contributed by atoms with Crippen LogP contribution in [0.1, 0.15) is 25.8 Å². The summed E-state index contributed by atoms with van der Waals surface area (Å²) in [7, 11) is 0. The van der Waals surface area contributed by atoms with Gasteiger partial charge in [0.2, 0.25) is 0 Å². The average molecular weight is 299 g/mol. The van der Waals surface area contributed by atoms with Gasteiger partial charge in [0, 0.05) is 12.7 Å². The molecule has 2 unspecified atom stereocenters. The van der Waals surface area contributed by atoms with Crippen LogP contribution in [0.15, 0.2) is 16.7 Å². The van der Waals surface area contributed by atoms with Crippen LogP contribution >= 0.6 is 15.9 Å². The van der Waals surface area contributed by atoms with Gasteiger partial charge in [-0.3, -0.25) is 0 Å². The summed E-state index contributed by atoms with van der Waals surface area (Å²) in [5, 5.41) is 0. The summed E-state index contributed by atoms with van der Waals surface area (Å²) in [4.78, 5) is 6.89. The van der Waals surface area contributed by atoms with Crippen LogP contribution in [0.3, 0.4) is 0 Å². The molecule has 0 saturated carbocycles. The smallest absolute Gasteiger partial charge is 0.143 e. The first-order valence-corrected chi connectivity index (χ1v) is 6.92. The van der Waals surface area contributed by atoms with E-state index in [4.69, 9.17) is 4.74 Å². The van der Waals surface area contributed by atoms with Crippen LogP contribution in [0.4, 0.5) is 5.82 Å². The van der Waals surface area contributed by atoms with E-state index in [1.54, 1.807) is 0 Å². The number of hydrogen-bond acceptors (Lipinski definition) is 3. The molecule has 2 atom stereocenters. The standard InChI is InChI=1S/C13H19BrN2O/c1-4-11-8-17-10(3)7-16(11)13-12(14)9(2)5-6-15-13/h5-6,10-11H,4,7-8H2,1-3H3. The maximum absolute atomic E-state index is 5.72. The molecule has 1 aliphatic rings. The van der Waals surface area contributed by atoms with E-state index in [9.17, 15) is 0 Å². The fraction of sp³-hybridized carbons (Fsp3) is 0.615. The molecule has 0 bridgehead atoms. The lowest BCUT2D eigenvalue weighted by molar-refractivity contribution is 0.0295. The van der Waals surface area contributed by atoms with E-state index in [0.29, 0.717) is 6.04 Å². The van der Waals surface area contributed by atoms with Crippen molar-refractivity contribution in [1.82, 2.24) is 4.98 Å². The number of hydrogen-bond donors (Lipinski definition) is 0. The topological polar surface area (TPSA) is 25.4 Å². The molecule has 0 aromatic carbocycles. The van der Waals surface area contributed by atoms with Gasteiger partial charge in [0.1, 0.15) is 5.82 Å². The Morgan fingerprint density at radius 3 is 3.06 bits per heavy atom. The third kappa shape index (κ3) is 2.63. The van der Waals surface area contributed by atoms with Crippen molar-refractivity contribution in [1.29, 1.82) is 0 Å². The molecule has 1 aromatic heterocycles. The van der Waals surface area contributed by atoms with Crippen molar-refractivity contribution in [2.45, 2.75) is 39.3 Å². The van der Waals surface area contributed by atoms with Crippen molar-refractivity contribution in [3.8, 4) is 0 Å². The number of halogens is 1. The van der Waals surface area contributed by atoms with Gasteiger partial charge in [-0.1, -0.05) is 6.92 Å². The molecule has 0 N–H and O–H groups in total. The first-order chi connectivity index (χ1) is 8.13. The predicted molar refractivity (Wildman–Crippen MR) is 73.5 cm³/mol. The molecular weight excluding hydrogens is 280 g/mol. The Morgan fingerprint density at radius 1 is 1.59 bits per heavy atom. The third-order valence-electron chi connectivity index (χ3n) is 3.27. The minimum atomic E-state index is 0.270. The second-order valence-electron chi connectivity index (χ2n) is 4.62. The van der Waals surface area contributed by atoms with Crippen LogP contribution in [0.5, 0.6) is 0 Å². The molecule has 1 aromatic rings. The van der Waals surface area contributed by atoms with Crippen molar-refractivity contribution < 1.29 is 4.74 Å². The van der Waals surface area contributed by atoms with Crippen molar-refractivity contribution in [2.75, 3.05) is 18.1 Å². The third-order valence-corrected chi connectivity index (χ3v) is 4.25. The summed E-state index contributed by atoms with van der Waals surface area (Å²) in [6.07, 6.45) is 3.23. The molecule has 3 nitrogen and oxygen atoms in total. The second-order valence-corrected chi connectivity index (χ2v) is 5.42. The van der Waals surface area contributed by atoms with E-state index in [-0.39, 0.29) is 6.10 Å². The summed E-state index contributed by atoms with van der Waals surface area (Å²) in [5.74, 6) is 1.05. The van der Waals surface area contributed by atoms with Crippen LogP contribution in [-0.4, -0.2) is 30.3 Å². The fourth-order valence-electron chi connectivity index (χ4n) is 2.17. The molecule has 1 saturated heterocycles. The van der Waals surface area contributed by atoms with Gasteiger partial charge >= 0.3 is 0 Å². The van der Waals surface area contributed by atoms with Gasteiger partial charge in [-0.15, -0.1) is 0 Å². The molecule has 17 heavy (non-hydrogen) atoms. The maximum Gasteiger partial charge on any atom is 0.143 e. The highest BCUT2D eigenvalue weighted by Gasteiger charge is 2.28. The molecule has 2 heterocycles. The Bertz CT molecular complexity index is 397. The van der Waals surface area contributed by atoms with Crippen LogP contribution < -0.4 is 4.90 Å². The largest absolute Gasteiger partial charge is 0.375 e. The second kappa shape index (κ2) is 5.36. The molecular formula is C13H19BrN2O. The lowest BCUT2D eigenvalue weighted by Crippen LogP contribution is -2.49. The van der Waals surface area contributed by atoms with E-state index in [1.165, 1.54) is 5.56 Å². The number of morpholine rings is 1. The van der Waals surface area contributed by atoms with Crippen LogP contribution in [0.2, 0.25) is 0 Å². The quantitative estimate of drug-likeness (QED) is 0.839. The van der Waals surface area contributed by atoms with Gasteiger partial charge in [-0.2, -0.15) is 0 Å². The zero-order chi connectivity index (χ0) is 12.4. The lowest BCUT2D eigenvalue weighted by Gasteiger charge is -2.39. The predicted octanol–water partition coefficient (Wildman–Crippen LogP) is 3.16. The van der Waals surface area contributed by atoms with E-state index < -0.39 is 0 Å². The van der Waals surface area contributed by atoms with E-state index in [2.05, 4.69) is 46.6 Å². The number of anilines is 1. The van der Waals surface area contributed by atoms with Crippen molar-refractivity contribution >= 4 is 21.7 Å². The normalized spacial score (nSPS) is 25.1. The SMILES string of the molecule is CCC1COC(C)CN1c1nccc(C)c1Br. The molecule has 0 radical (unpaired) electrons. The lowest BCUT2D eigenvalue weighted by atomic mass is 10.1. The minimum Gasteiger partial charge on any atom is -0.375 e. The molecule has 4 heteroatoms. The highest BCUT2D eigenvalue weighted by atomic mass is 79.9. The van der Waals surface area contributed by atoms with Gasteiger partial charge in [0.15, 0.2) is 0 Å². The Kier molecular flexibility index (Phi) is 4.05. The number of rotatable bonds is 2. The van der Waals surface area contributed by atoms with Crippen LogP contribution in [0, 0.1) is 6.92 Å². The van der Waals surface area contributed by atoms with Gasteiger partial charge < -0.3 is 9.64 Å². The van der Waals surface area contributed by atoms with E-state index >= 15 is 0 Å². The first-order valence-electron chi connectivity index (χ1n) is 6.12. The fourth-order valence-corrected chi connectivity index (χ4v) is 2.63. The van der Waals surface area contributed by atoms with E-state index in [1.807, 2.05) is 12.3 Å². The summed E-state index contributed by atoms with van der Waals surface area (Å²) < 4.78 is 6.82. The van der Waals surface area contributed by atoms with Crippen molar-refractivity contribution in [3.63, 3.8) is 0 Å². The molecule has 0 spiro atoms. The summed E-state index contributed by atoms with van der Waals surface area (Å²) in [6.45, 7) is 8.11. The molecule has 1 fully saturated rings. The Labute approximate surface area is 111 Å². The average Bonchev–Trinajstić information content (AvgIpc) is 2.33. The first kappa shape index (κ1) is 12.8. The highest BCUT2D eigenvalue weighted by Crippen LogP contribution is 2.30. The van der Waals surface area contributed by atoms with Gasteiger partial charge in [0.05, 0.1) is 23.2 Å². The number of aryl methyl sites for hydroxylation is 1. The van der Waals surface area contributed by atoms with Crippen molar-refractivity contribution in [3.05, 3.63) is 22.3 Å². The zero-order valence-electron chi connectivity index (χ0n) is 10.6. The number of pyridine rings is 1. The molecule has 94 valence electrons. The Balaban J connectivity index is 2.32. The number of nitrogens with zero attached hydrogens (tertiary/aromatic N) is 2. The maximum atomic E-state index is 5.72. The summed E-state index contributed by atoms with van der Waals surface area (Å²) in [6, 6.07) is 2.45. The zero-order valence-corrected chi connectivity index (χ0v) is 12.2. The summed E-state index contributed by atoms with van der Waals surface area (Å²) in [5.41, 5.74) is 1.23. The minimum absolute atomic E-state index is 0.270. The van der Waals surface area contributed by atoms with E-state index in [0.717, 1.165) is 29.9 Å². The molecule has 0 amide bonds. The molecule has 2 rings (SSSR count). The van der Waals surface area contributed by atoms with Gasteiger partial charge in [-0.25, -0.2) is 4.98 Å². The van der Waals surface area contributed by atoms with Crippen LogP contribution in [-0.2, 0) is 4.74 Å². The Hall–Kier alpha value is -0.610. The van der Waals surface area contributed by atoms with Crippen LogP contribution in [0.25, 0.3) is 0 Å². The molecule has 1 aliphatic heterocycles. The number of aromatic nitrogens is 1. The summed E-state index contributed by atoms with van der Waals surface area (Å²) >= 11 is 3.65. The number of ether oxygens (including phenoxy) is 1. The van der Waals surface area contributed by atoms with Crippen molar-refractivity contribution in [2.24, 2.45) is 0 Å². The van der Waals surface area contributed by atoms with Gasteiger partial charge in [-0.05, 0) is 47.8 Å². The molecule has 0 aliphatic carbocycles.